The second-order valence-electron chi connectivity index (χ2n) is 5.97. The number of methoxy groups -OCH3 is 4. The van der Waals surface area contributed by atoms with Gasteiger partial charge in [0.15, 0.2) is 29.1 Å². The topological polar surface area (TPSA) is 72.5 Å². The summed E-state index contributed by atoms with van der Waals surface area (Å²) in [6, 6.07) is 8.72. The van der Waals surface area contributed by atoms with Gasteiger partial charge in [-0.25, -0.2) is 4.79 Å². The van der Waals surface area contributed by atoms with Crippen molar-refractivity contribution in [2.24, 2.45) is 0 Å². The second-order valence-corrected chi connectivity index (χ2v) is 5.97. The molecule has 0 unspecified atom stereocenters. The smallest absolute Gasteiger partial charge is 0.338 e. The molecular weight excluding hydrogens is 352 g/mol. The van der Waals surface area contributed by atoms with Crippen molar-refractivity contribution in [1.29, 1.82) is 0 Å². The highest BCUT2D eigenvalue weighted by Crippen LogP contribution is 2.47. The Morgan fingerprint density at radius 2 is 1.59 bits per heavy atom. The third-order valence-electron chi connectivity index (χ3n) is 4.38. The molecule has 0 saturated carbocycles. The predicted octanol–water partition coefficient (Wildman–Crippen LogP) is 3.40. The van der Waals surface area contributed by atoms with Crippen molar-refractivity contribution in [2.45, 2.75) is 19.1 Å². The minimum absolute atomic E-state index is 0.312. The van der Waals surface area contributed by atoms with E-state index in [1.165, 1.54) is 14.2 Å². The van der Waals surface area contributed by atoms with Gasteiger partial charge in [-0.3, -0.25) is 0 Å². The van der Waals surface area contributed by atoms with Crippen LogP contribution in [0.3, 0.4) is 0 Å². The van der Waals surface area contributed by atoms with Gasteiger partial charge in [-0.15, -0.1) is 0 Å². The van der Waals surface area contributed by atoms with Crippen molar-refractivity contribution in [2.75, 3.05) is 28.4 Å². The molecule has 3 rings (SSSR count). The number of hydrogen-bond acceptors (Lipinski definition) is 7. The van der Waals surface area contributed by atoms with Crippen LogP contribution >= 0.6 is 0 Å². The van der Waals surface area contributed by atoms with Crippen LogP contribution in [0.4, 0.5) is 0 Å². The lowest BCUT2D eigenvalue weighted by Crippen LogP contribution is -2.31. The summed E-state index contributed by atoms with van der Waals surface area (Å²) in [6.45, 7) is 1.89. The summed E-state index contributed by atoms with van der Waals surface area (Å²) in [5.74, 6) is 2.01. The number of esters is 1. The Bertz CT molecular complexity index is 846. The van der Waals surface area contributed by atoms with Crippen molar-refractivity contribution >= 4 is 5.97 Å². The Kier molecular flexibility index (Phi) is 5.30. The van der Waals surface area contributed by atoms with Crippen molar-refractivity contribution in [3.63, 3.8) is 0 Å². The first-order valence-electron chi connectivity index (χ1n) is 8.38. The van der Waals surface area contributed by atoms with E-state index >= 15 is 0 Å². The Balaban J connectivity index is 2.00. The fourth-order valence-corrected chi connectivity index (χ4v) is 3.02. The number of fused-ring (bicyclic) bond motifs is 1. The zero-order valence-electron chi connectivity index (χ0n) is 15.9. The molecule has 2 atom stereocenters. The van der Waals surface area contributed by atoms with Crippen molar-refractivity contribution in [3.8, 4) is 28.7 Å². The molecule has 0 N–H and O–H groups in total. The van der Waals surface area contributed by atoms with E-state index in [1.54, 1.807) is 26.4 Å². The number of carbonyl (C=O) groups excluding carboxylic acids is 1. The molecule has 2 aromatic carbocycles. The first-order chi connectivity index (χ1) is 13.0. The van der Waals surface area contributed by atoms with Crippen LogP contribution in [0, 0.1) is 0 Å². The fraction of sp³-hybridized carbons (Fsp3) is 0.350. The summed E-state index contributed by atoms with van der Waals surface area (Å²) in [4.78, 5) is 11.9. The van der Waals surface area contributed by atoms with E-state index < -0.39 is 12.1 Å². The summed E-state index contributed by atoms with van der Waals surface area (Å²) < 4.78 is 33.0. The number of ether oxygens (including phenoxy) is 6. The highest BCUT2D eigenvalue weighted by atomic mass is 16.6. The quantitative estimate of drug-likeness (QED) is 0.743. The molecule has 144 valence electrons. The standard InChI is InChI=1S/C20H22O7/c1-11-18(12-6-7-14(22-2)15(8-12)23-3)27-19-16(24-4)9-13(20(21)25-5)10-17(19)26-11/h6-11,18H,1-5H3/t11-,18+/m0/s1. The SMILES string of the molecule is COC(=O)c1cc(OC)c2c(c1)O[C@@H](C)[C@H](c1ccc(OC)c(OC)c1)O2. The third kappa shape index (κ3) is 3.45. The molecule has 2 aromatic rings. The average Bonchev–Trinajstić information content (AvgIpc) is 2.71. The lowest BCUT2D eigenvalue weighted by atomic mass is 10.0. The molecule has 0 spiro atoms. The van der Waals surface area contributed by atoms with Crippen LogP contribution in [0.15, 0.2) is 30.3 Å². The van der Waals surface area contributed by atoms with E-state index in [9.17, 15) is 4.79 Å². The molecule has 1 aliphatic heterocycles. The highest BCUT2D eigenvalue weighted by Gasteiger charge is 2.33. The summed E-state index contributed by atoms with van der Waals surface area (Å²) in [5.41, 5.74) is 1.19. The maximum atomic E-state index is 11.9. The predicted molar refractivity (Wildman–Crippen MR) is 97.3 cm³/mol. The Morgan fingerprint density at radius 1 is 0.889 bits per heavy atom. The molecule has 0 fully saturated rings. The van der Waals surface area contributed by atoms with Gasteiger partial charge >= 0.3 is 5.97 Å². The maximum Gasteiger partial charge on any atom is 0.338 e. The molecular formula is C20H22O7. The molecule has 0 aliphatic carbocycles. The van der Waals surface area contributed by atoms with Gasteiger partial charge in [0.05, 0.1) is 34.0 Å². The molecule has 0 aromatic heterocycles. The molecule has 0 radical (unpaired) electrons. The fourth-order valence-electron chi connectivity index (χ4n) is 3.02. The van der Waals surface area contributed by atoms with Gasteiger partial charge in [0.25, 0.3) is 0 Å². The minimum atomic E-state index is -0.477. The Morgan fingerprint density at radius 3 is 2.22 bits per heavy atom. The number of benzene rings is 2. The zero-order chi connectivity index (χ0) is 19.6. The number of hydrogen-bond donors (Lipinski definition) is 0. The van der Waals surface area contributed by atoms with Crippen LogP contribution in [-0.2, 0) is 4.74 Å². The summed E-state index contributed by atoms with van der Waals surface area (Å²) in [5, 5.41) is 0. The van der Waals surface area contributed by atoms with Gasteiger partial charge in [-0.05, 0) is 31.2 Å². The monoisotopic (exact) mass is 374 g/mol. The largest absolute Gasteiger partial charge is 0.493 e. The highest BCUT2D eigenvalue weighted by molar-refractivity contribution is 5.91. The van der Waals surface area contributed by atoms with Crippen LogP contribution in [-0.4, -0.2) is 40.5 Å². The van der Waals surface area contributed by atoms with Gasteiger partial charge in [-0.2, -0.15) is 0 Å². The molecule has 1 aliphatic rings. The first-order valence-corrected chi connectivity index (χ1v) is 8.38. The van der Waals surface area contributed by atoms with E-state index in [1.807, 2.05) is 25.1 Å². The van der Waals surface area contributed by atoms with E-state index in [0.29, 0.717) is 34.3 Å². The van der Waals surface area contributed by atoms with E-state index in [0.717, 1.165) is 5.56 Å². The molecule has 1 heterocycles. The number of carbonyl (C=O) groups is 1. The van der Waals surface area contributed by atoms with Crippen molar-refractivity contribution in [3.05, 3.63) is 41.5 Å². The summed E-state index contributed by atoms with van der Waals surface area (Å²) in [7, 11) is 5.99. The first kappa shape index (κ1) is 18.7. The van der Waals surface area contributed by atoms with E-state index in [-0.39, 0.29) is 6.10 Å². The average molecular weight is 374 g/mol. The molecule has 27 heavy (non-hydrogen) atoms. The maximum absolute atomic E-state index is 11.9. The summed E-state index contributed by atoms with van der Waals surface area (Å²) >= 11 is 0. The molecule has 0 bridgehead atoms. The van der Waals surface area contributed by atoms with Crippen LogP contribution in [0.25, 0.3) is 0 Å². The van der Waals surface area contributed by atoms with Crippen molar-refractivity contribution in [1.82, 2.24) is 0 Å². The lowest BCUT2D eigenvalue weighted by molar-refractivity contribution is 0.0275. The van der Waals surface area contributed by atoms with Crippen LogP contribution in [0.1, 0.15) is 28.9 Å². The van der Waals surface area contributed by atoms with Gasteiger partial charge in [-0.1, -0.05) is 6.07 Å². The summed E-state index contributed by atoms with van der Waals surface area (Å²) in [6.07, 6.45) is -0.705. The van der Waals surface area contributed by atoms with Gasteiger partial charge in [0.1, 0.15) is 6.10 Å². The second kappa shape index (κ2) is 7.65. The van der Waals surface area contributed by atoms with Gasteiger partial charge in [0.2, 0.25) is 5.75 Å². The van der Waals surface area contributed by atoms with Gasteiger partial charge < -0.3 is 28.4 Å². The molecule has 0 amide bonds. The van der Waals surface area contributed by atoms with Gasteiger partial charge in [0, 0.05) is 5.56 Å². The van der Waals surface area contributed by atoms with E-state index in [2.05, 4.69) is 0 Å². The Labute approximate surface area is 157 Å². The molecule has 7 nitrogen and oxygen atoms in total. The third-order valence-corrected chi connectivity index (χ3v) is 4.38. The molecule has 0 saturated heterocycles. The van der Waals surface area contributed by atoms with E-state index in [4.69, 9.17) is 28.4 Å². The minimum Gasteiger partial charge on any atom is -0.493 e. The van der Waals surface area contributed by atoms with Crippen molar-refractivity contribution < 1.29 is 33.2 Å². The molecule has 7 heteroatoms. The van der Waals surface area contributed by atoms with Crippen LogP contribution < -0.4 is 23.7 Å². The lowest BCUT2D eigenvalue weighted by Gasteiger charge is -2.33. The number of rotatable bonds is 5. The van der Waals surface area contributed by atoms with Crippen LogP contribution in [0.2, 0.25) is 0 Å². The normalized spacial score (nSPS) is 17.8. The van der Waals surface area contributed by atoms with Crippen LogP contribution in [0.5, 0.6) is 28.7 Å². The zero-order valence-corrected chi connectivity index (χ0v) is 15.9. The Hall–Kier alpha value is -3.09.